The number of amides is 2. The van der Waals surface area contributed by atoms with E-state index in [-0.39, 0.29) is 24.2 Å². The van der Waals surface area contributed by atoms with E-state index >= 15 is 0 Å². The standard InChI is InChI=1S/C18H18FN3O2S/c1-12(23)21(2)11-18(24)22-16(13-6-3-4-7-14(13)19)10-15(20-22)17-8-5-9-25-17/h3-9,16H,10-11H2,1-2H3/t16-/m1/s1. The number of likely N-dealkylation sites (N-methyl/N-ethyl adjacent to an activating group) is 1. The van der Waals surface area contributed by atoms with Crippen molar-refractivity contribution in [2.45, 2.75) is 19.4 Å². The van der Waals surface area contributed by atoms with Crippen LogP contribution in [0.2, 0.25) is 0 Å². The molecule has 1 atom stereocenters. The summed E-state index contributed by atoms with van der Waals surface area (Å²) >= 11 is 1.53. The molecule has 1 aromatic carbocycles. The molecule has 0 N–H and O–H groups in total. The number of thiophene rings is 1. The molecule has 7 heteroatoms. The molecule has 25 heavy (non-hydrogen) atoms. The van der Waals surface area contributed by atoms with Crippen LogP contribution in [0.3, 0.4) is 0 Å². The Morgan fingerprint density at radius 3 is 2.72 bits per heavy atom. The van der Waals surface area contributed by atoms with E-state index in [4.69, 9.17) is 0 Å². The molecule has 130 valence electrons. The van der Waals surface area contributed by atoms with Gasteiger partial charge in [-0.1, -0.05) is 24.3 Å². The van der Waals surface area contributed by atoms with Crippen molar-refractivity contribution in [2.75, 3.05) is 13.6 Å². The third-order valence-electron chi connectivity index (χ3n) is 4.15. The fraction of sp³-hybridized carbons (Fsp3) is 0.278. The fourth-order valence-corrected chi connectivity index (χ4v) is 3.43. The molecule has 0 aliphatic carbocycles. The summed E-state index contributed by atoms with van der Waals surface area (Å²) in [5, 5.41) is 7.69. The number of benzene rings is 1. The minimum atomic E-state index is -0.508. The average molecular weight is 359 g/mol. The maximum atomic E-state index is 14.3. The van der Waals surface area contributed by atoms with Gasteiger partial charge in [-0.2, -0.15) is 5.10 Å². The molecule has 2 amide bonds. The Kier molecular flexibility index (Phi) is 4.94. The van der Waals surface area contributed by atoms with Crippen molar-refractivity contribution in [3.05, 3.63) is 58.0 Å². The van der Waals surface area contributed by atoms with Crippen LogP contribution < -0.4 is 0 Å². The van der Waals surface area contributed by atoms with Crippen LogP contribution in [0, 0.1) is 5.82 Å². The van der Waals surface area contributed by atoms with Gasteiger partial charge in [0.2, 0.25) is 5.91 Å². The summed E-state index contributed by atoms with van der Waals surface area (Å²) in [5.74, 6) is -0.914. The van der Waals surface area contributed by atoms with E-state index in [1.165, 1.54) is 34.2 Å². The molecule has 1 aromatic heterocycles. The highest BCUT2D eigenvalue weighted by atomic mass is 32.1. The number of halogens is 1. The summed E-state index contributed by atoms with van der Waals surface area (Å²) in [6, 6.07) is 9.74. The molecule has 0 unspecified atom stereocenters. The maximum Gasteiger partial charge on any atom is 0.262 e. The number of rotatable bonds is 4. The van der Waals surface area contributed by atoms with Crippen LogP contribution in [-0.4, -0.2) is 41.0 Å². The summed E-state index contributed by atoms with van der Waals surface area (Å²) in [4.78, 5) is 26.4. The smallest absolute Gasteiger partial charge is 0.262 e. The lowest BCUT2D eigenvalue weighted by Crippen LogP contribution is -2.38. The van der Waals surface area contributed by atoms with Crippen molar-refractivity contribution in [3.63, 3.8) is 0 Å². The van der Waals surface area contributed by atoms with Gasteiger partial charge in [-0.05, 0) is 17.5 Å². The third kappa shape index (κ3) is 3.61. The van der Waals surface area contributed by atoms with Crippen LogP contribution in [0.1, 0.15) is 29.8 Å². The van der Waals surface area contributed by atoms with E-state index in [1.807, 2.05) is 17.5 Å². The van der Waals surface area contributed by atoms with E-state index in [2.05, 4.69) is 5.10 Å². The van der Waals surface area contributed by atoms with E-state index in [0.717, 1.165) is 10.6 Å². The summed E-state index contributed by atoms with van der Waals surface area (Å²) in [7, 11) is 1.55. The van der Waals surface area contributed by atoms with Crippen LogP contribution in [0.25, 0.3) is 0 Å². The van der Waals surface area contributed by atoms with Crippen molar-refractivity contribution in [1.82, 2.24) is 9.91 Å². The molecule has 0 fully saturated rings. The van der Waals surface area contributed by atoms with Gasteiger partial charge in [0.25, 0.3) is 5.91 Å². The molecule has 2 heterocycles. The first-order chi connectivity index (χ1) is 12.0. The highest BCUT2D eigenvalue weighted by molar-refractivity contribution is 7.12. The molecular formula is C18H18FN3O2S. The van der Waals surface area contributed by atoms with E-state index in [1.54, 1.807) is 25.2 Å². The maximum absolute atomic E-state index is 14.3. The SMILES string of the molecule is CC(=O)N(C)CC(=O)N1N=C(c2cccs2)C[C@@H]1c1ccccc1F. The van der Waals surface area contributed by atoms with Gasteiger partial charge in [-0.25, -0.2) is 9.40 Å². The van der Waals surface area contributed by atoms with Crippen LogP contribution >= 0.6 is 11.3 Å². The van der Waals surface area contributed by atoms with Gasteiger partial charge in [0.1, 0.15) is 12.4 Å². The first kappa shape index (κ1) is 17.3. The zero-order valence-corrected chi connectivity index (χ0v) is 14.8. The molecule has 5 nitrogen and oxygen atoms in total. The third-order valence-corrected chi connectivity index (χ3v) is 5.06. The summed E-state index contributed by atoms with van der Waals surface area (Å²) in [6.07, 6.45) is 0.441. The van der Waals surface area contributed by atoms with Crippen LogP contribution in [-0.2, 0) is 9.59 Å². The minimum Gasteiger partial charge on any atom is -0.337 e. The molecule has 3 rings (SSSR count). The molecule has 2 aromatic rings. The van der Waals surface area contributed by atoms with E-state index in [9.17, 15) is 14.0 Å². The Labute approximate surface area is 149 Å². The Morgan fingerprint density at radius 2 is 2.08 bits per heavy atom. The highest BCUT2D eigenvalue weighted by Crippen LogP contribution is 2.34. The number of hydrazone groups is 1. The largest absolute Gasteiger partial charge is 0.337 e. The molecule has 0 radical (unpaired) electrons. The molecule has 0 bridgehead atoms. The van der Waals surface area contributed by atoms with Gasteiger partial charge in [-0.3, -0.25) is 9.59 Å². The number of nitrogens with zero attached hydrogens (tertiary/aromatic N) is 3. The number of hydrogen-bond acceptors (Lipinski definition) is 4. The van der Waals surface area contributed by atoms with Crippen LogP contribution in [0.4, 0.5) is 4.39 Å². The molecule has 0 saturated carbocycles. The Hall–Kier alpha value is -2.54. The monoisotopic (exact) mass is 359 g/mol. The first-order valence-electron chi connectivity index (χ1n) is 7.87. The zero-order chi connectivity index (χ0) is 18.0. The molecule has 0 spiro atoms. The second-order valence-electron chi connectivity index (χ2n) is 5.88. The minimum absolute atomic E-state index is 0.0957. The average Bonchev–Trinajstić information content (AvgIpc) is 3.24. The van der Waals surface area contributed by atoms with E-state index < -0.39 is 6.04 Å². The van der Waals surface area contributed by atoms with Crippen LogP contribution in [0.5, 0.6) is 0 Å². The predicted octanol–water partition coefficient (Wildman–Crippen LogP) is 3.04. The number of carbonyl (C=O) groups excluding carboxylic acids is 2. The molecule has 1 aliphatic rings. The van der Waals surface area contributed by atoms with Gasteiger partial charge in [0.15, 0.2) is 0 Å². The van der Waals surface area contributed by atoms with Crippen molar-refractivity contribution >= 4 is 28.9 Å². The van der Waals surface area contributed by atoms with Gasteiger partial charge < -0.3 is 4.90 Å². The molecular weight excluding hydrogens is 341 g/mol. The van der Waals surface area contributed by atoms with E-state index in [0.29, 0.717) is 12.0 Å². The fourth-order valence-electron chi connectivity index (χ4n) is 2.71. The Morgan fingerprint density at radius 1 is 1.32 bits per heavy atom. The van der Waals surface area contributed by atoms with Crippen molar-refractivity contribution in [3.8, 4) is 0 Å². The van der Waals surface area contributed by atoms with Gasteiger partial charge >= 0.3 is 0 Å². The summed E-state index contributed by atoms with van der Waals surface area (Å²) < 4.78 is 14.3. The molecule has 0 saturated heterocycles. The van der Waals surface area contributed by atoms with Crippen molar-refractivity contribution in [2.24, 2.45) is 5.10 Å². The molecule has 1 aliphatic heterocycles. The van der Waals surface area contributed by atoms with Crippen molar-refractivity contribution < 1.29 is 14.0 Å². The van der Waals surface area contributed by atoms with Gasteiger partial charge in [0, 0.05) is 26.0 Å². The number of carbonyl (C=O) groups is 2. The van der Waals surface area contributed by atoms with Gasteiger partial charge in [0.05, 0.1) is 16.6 Å². The van der Waals surface area contributed by atoms with Crippen molar-refractivity contribution in [1.29, 1.82) is 0 Å². The lowest BCUT2D eigenvalue weighted by Gasteiger charge is -2.24. The highest BCUT2D eigenvalue weighted by Gasteiger charge is 2.35. The number of hydrogen-bond donors (Lipinski definition) is 0. The Bertz CT molecular complexity index is 819. The lowest BCUT2D eigenvalue weighted by atomic mass is 10.0. The first-order valence-corrected chi connectivity index (χ1v) is 8.75. The summed E-state index contributed by atoms with van der Waals surface area (Å²) in [6.45, 7) is 1.30. The lowest BCUT2D eigenvalue weighted by molar-refractivity contribution is -0.139. The zero-order valence-electron chi connectivity index (χ0n) is 14.0. The topological polar surface area (TPSA) is 53.0 Å². The normalized spacial score (nSPS) is 16.7. The second-order valence-corrected chi connectivity index (χ2v) is 6.83. The van der Waals surface area contributed by atoms with Crippen LogP contribution in [0.15, 0.2) is 46.9 Å². The quantitative estimate of drug-likeness (QED) is 0.842. The van der Waals surface area contributed by atoms with Gasteiger partial charge in [-0.15, -0.1) is 11.3 Å². The summed E-state index contributed by atoms with van der Waals surface area (Å²) in [5.41, 5.74) is 1.18. The Balaban J connectivity index is 1.92. The predicted molar refractivity (Wildman–Crippen MR) is 94.8 cm³/mol. The second kappa shape index (κ2) is 7.14.